The molecule has 0 spiro atoms. The molecule has 0 saturated heterocycles. The Labute approximate surface area is 116 Å². The first-order valence-corrected chi connectivity index (χ1v) is 6.12. The summed E-state index contributed by atoms with van der Waals surface area (Å²) < 4.78 is 5.28. The molecule has 0 aliphatic carbocycles. The van der Waals surface area contributed by atoms with Crippen molar-refractivity contribution in [2.24, 2.45) is 0 Å². The van der Waals surface area contributed by atoms with Gasteiger partial charge < -0.3 is 4.74 Å². The number of benzene rings is 1. The van der Waals surface area contributed by atoms with E-state index in [1.807, 2.05) is 36.4 Å². The second-order valence-electron chi connectivity index (χ2n) is 4.24. The van der Waals surface area contributed by atoms with E-state index in [9.17, 15) is 5.26 Å². The van der Waals surface area contributed by atoms with Gasteiger partial charge >= 0.3 is 0 Å². The third-order valence-corrected chi connectivity index (χ3v) is 3.13. The number of nitriles is 1. The summed E-state index contributed by atoms with van der Waals surface area (Å²) in [7, 11) is 1.56. The van der Waals surface area contributed by atoms with Crippen molar-refractivity contribution in [1.29, 1.82) is 5.26 Å². The van der Waals surface area contributed by atoms with Crippen molar-refractivity contribution in [3.05, 3.63) is 54.5 Å². The van der Waals surface area contributed by atoms with E-state index in [1.54, 1.807) is 19.5 Å². The van der Waals surface area contributed by atoms with Crippen LogP contribution >= 0.6 is 0 Å². The minimum absolute atomic E-state index is 0.341. The Kier molecular flexibility index (Phi) is 3.02. The first-order valence-electron chi connectivity index (χ1n) is 6.12. The third kappa shape index (κ3) is 1.86. The molecule has 96 valence electrons. The molecule has 0 saturated carbocycles. The Morgan fingerprint density at radius 3 is 2.55 bits per heavy atom. The fourth-order valence-electron chi connectivity index (χ4n) is 2.27. The van der Waals surface area contributed by atoms with Crippen molar-refractivity contribution in [3.63, 3.8) is 0 Å². The minimum Gasteiger partial charge on any atom is -0.481 e. The molecule has 4 nitrogen and oxygen atoms in total. The summed E-state index contributed by atoms with van der Waals surface area (Å²) in [5.74, 6) is 0.463. The van der Waals surface area contributed by atoms with Crippen molar-refractivity contribution in [1.82, 2.24) is 9.97 Å². The van der Waals surface area contributed by atoms with Crippen LogP contribution in [-0.2, 0) is 0 Å². The molecule has 20 heavy (non-hydrogen) atoms. The van der Waals surface area contributed by atoms with Crippen LogP contribution in [0.4, 0.5) is 0 Å². The number of aromatic nitrogens is 2. The molecule has 3 aromatic rings. The zero-order valence-corrected chi connectivity index (χ0v) is 10.9. The van der Waals surface area contributed by atoms with Crippen molar-refractivity contribution in [3.8, 4) is 23.1 Å². The van der Waals surface area contributed by atoms with Gasteiger partial charge in [0.25, 0.3) is 0 Å². The summed E-state index contributed by atoms with van der Waals surface area (Å²) in [5.41, 5.74) is 2.00. The van der Waals surface area contributed by atoms with Crippen LogP contribution in [0.1, 0.15) is 5.69 Å². The summed E-state index contributed by atoms with van der Waals surface area (Å²) in [6.45, 7) is 0. The molecule has 0 aliphatic rings. The van der Waals surface area contributed by atoms with E-state index in [0.29, 0.717) is 11.6 Å². The number of pyridine rings is 2. The van der Waals surface area contributed by atoms with Crippen LogP contribution in [0, 0.1) is 11.3 Å². The van der Waals surface area contributed by atoms with Crippen LogP contribution in [0.2, 0.25) is 0 Å². The molecule has 0 amide bonds. The van der Waals surface area contributed by atoms with Crippen LogP contribution in [-0.4, -0.2) is 17.1 Å². The van der Waals surface area contributed by atoms with E-state index in [4.69, 9.17) is 4.74 Å². The molecule has 1 aromatic carbocycles. The molecular weight excluding hydrogens is 250 g/mol. The Bertz CT molecular complexity index is 807. The molecule has 0 N–H and O–H groups in total. The van der Waals surface area contributed by atoms with E-state index in [1.165, 1.54) is 0 Å². The highest BCUT2D eigenvalue weighted by Crippen LogP contribution is 2.34. The van der Waals surface area contributed by atoms with Crippen LogP contribution in [0.15, 0.2) is 48.8 Å². The molecule has 0 bridgehead atoms. The van der Waals surface area contributed by atoms with Crippen LogP contribution < -0.4 is 4.74 Å². The quantitative estimate of drug-likeness (QED) is 0.711. The highest BCUT2D eigenvalue weighted by molar-refractivity contribution is 6.00. The van der Waals surface area contributed by atoms with Gasteiger partial charge in [0.15, 0.2) is 5.69 Å². The monoisotopic (exact) mass is 261 g/mol. The molecule has 0 fully saturated rings. The highest BCUT2D eigenvalue weighted by atomic mass is 16.5. The molecular formula is C16H11N3O. The number of rotatable bonds is 2. The Hall–Kier alpha value is -2.93. The smallest absolute Gasteiger partial charge is 0.222 e. The first-order chi connectivity index (χ1) is 9.85. The Morgan fingerprint density at radius 1 is 1.10 bits per heavy atom. The number of ether oxygens (including phenoxy) is 1. The van der Waals surface area contributed by atoms with Gasteiger partial charge in [-0.25, -0.2) is 4.98 Å². The van der Waals surface area contributed by atoms with Crippen molar-refractivity contribution < 1.29 is 4.74 Å². The lowest BCUT2D eigenvalue weighted by atomic mass is 9.99. The van der Waals surface area contributed by atoms with E-state index in [0.717, 1.165) is 21.9 Å². The lowest BCUT2D eigenvalue weighted by Crippen LogP contribution is -1.96. The average Bonchev–Trinajstić information content (AvgIpc) is 2.54. The molecule has 2 heterocycles. The lowest BCUT2D eigenvalue weighted by Gasteiger charge is -2.11. The summed E-state index contributed by atoms with van der Waals surface area (Å²) in [6.07, 6.45) is 3.44. The van der Waals surface area contributed by atoms with Gasteiger partial charge in [-0.3, -0.25) is 4.98 Å². The number of fused-ring (bicyclic) bond motifs is 1. The van der Waals surface area contributed by atoms with Gasteiger partial charge in [0, 0.05) is 28.9 Å². The molecule has 3 rings (SSSR count). The standard InChI is InChI=1S/C16H11N3O/c1-20-16-13-7-3-2-6-12(13)15(14(9-17)19-16)11-5-4-8-18-10-11/h2-8,10H,1H3. The number of hydrogen-bond acceptors (Lipinski definition) is 4. The fourth-order valence-corrected chi connectivity index (χ4v) is 2.27. The van der Waals surface area contributed by atoms with E-state index >= 15 is 0 Å². The van der Waals surface area contributed by atoms with Crippen LogP contribution in [0.3, 0.4) is 0 Å². The maximum absolute atomic E-state index is 9.37. The maximum atomic E-state index is 9.37. The number of methoxy groups -OCH3 is 1. The molecule has 0 unspecified atom stereocenters. The zero-order chi connectivity index (χ0) is 13.9. The summed E-state index contributed by atoms with van der Waals surface area (Å²) >= 11 is 0. The van der Waals surface area contributed by atoms with Crippen LogP contribution in [0.5, 0.6) is 5.88 Å². The van der Waals surface area contributed by atoms with Gasteiger partial charge in [-0.1, -0.05) is 24.3 Å². The predicted octanol–water partition coefficient (Wildman–Crippen LogP) is 3.18. The number of nitrogens with zero attached hydrogens (tertiary/aromatic N) is 3. The number of hydrogen-bond donors (Lipinski definition) is 0. The highest BCUT2D eigenvalue weighted by Gasteiger charge is 2.15. The van der Waals surface area contributed by atoms with Gasteiger partial charge in [0.2, 0.25) is 5.88 Å². The fraction of sp³-hybridized carbons (Fsp3) is 0.0625. The van der Waals surface area contributed by atoms with Crippen molar-refractivity contribution in [2.75, 3.05) is 7.11 Å². The zero-order valence-electron chi connectivity index (χ0n) is 10.9. The summed E-state index contributed by atoms with van der Waals surface area (Å²) in [4.78, 5) is 8.42. The van der Waals surface area contributed by atoms with E-state index in [2.05, 4.69) is 16.0 Å². The topological polar surface area (TPSA) is 58.8 Å². The van der Waals surface area contributed by atoms with Gasteiger partial charge in [-0.2, -0.15) is 5.26 Å². The molecule has 4 heteroatoms. The van der Waals surface area contributed by atoms with E-state index in [-0.39, 0.29) is 0 Å². The normalized spacial score (nSPS) is 10.2. The van der Waals surface area contributed by atoms with E-state index < -0.39 is 0 Å². The molecule has 0 atom stereocenters. The van der Waals surface area contributed by atoms with Crippen LogP contribution in [0.25, 0.3) is 21.9 Å². The van der Waals surface area contributed by atoms with Crippen molar-refractivity contribution >= 4 is 10.8 Å². The SMILES string of the molecule is COc1nc(C#N)c(-c2cccnc2)c2ccccc12. The summed E-state index contributed by atoms with van der Waals surface area (Å²) in [5, 5.41) is 11.2. The van der Waals surface area contributed by atoms with Gasteiger partial charge in [0.1, 0.15) is 6.07 Å². The largest absolute Gasteiger partial charge is 0.481 e. The van der Waals surface area contributed by atoms with Gasteiger partial charge in [0.05, 0.1) is 7.11 Å². The second-order valence-corrected chi connectivity index (χ2v) is 4.24. The predicted molar refractivity (Wildman–Crippen MR) is 76.2 cm³/mol. The second kappa shape index (κ2) is 4.98. The molecule has 2 aromatic heterocycles. The maximum Gasteiger partial charge on any atom is 0.222 e. The molecule has 0 aliphatic heterocycles. The minimum atomic E-state index is 0.341. The lowest BCUT2D eigenvalue weighted by molar-refractivity contribution is 0.403. The summed E-state index contributed by atoms with van der Waals surface area (Å²) in [6, 6.07) is 13.7. The third-order valence-electron chi connectivity index (χ3n) is 3.13. The van der Waals surface area contributed by atoms with Crippen molar-refractivity contribution in [2.45, 2.75) is 0 Å². The molecule has 0 radical (unpaired) electrons. The first kappa shape index (κ1) is 12.1. The average molecular weight is 261 g/mol. The van der Waals surface area contributed by atoms with Gasteiger partial charge in [-0.05, 0) is 17.5 Å². The van der Waals surface area contributed by atoms with Gasteiger partial charge in [-0.15, -0.1) is 0 Å². The Balaban J connectivity index is 2.45. The Morgan fingerprint density at radius 2 is 1.90 bits per heavy atom.